The number of nitrogens with zero attached hydrogens (tertiary/aromatic N) is 1. The maximum atomic E-state index is 13.6. The Balaban J connectivity index is 1.88. The number of ether oxygens (including phenoxy) is 1. The van der Waals surface area contributed by atoms with Gasteiger partial charge in [-0.2, -0.15) is 0 Å². The van der Waals surface area contributed by atoms with Crippen molar-refractivity contribution < 1.29 is 17.9 Å². The molecule has 0 aliphatic heterocycles. The Morgan fingerprint density at radius 3 is 2.29 bits per heavy atom. The molecule has 180 valence electrons. The van der Waals surface area contributed by atoms with Gasteiger partial charge in [0, 0.05) is 5.02 Å². The molecule has 6 nitrogen and oxygen atoms in total. The fourth-order valence-corrected chi connectivity index (χ4v) is 5.17. The third-order valence-corrected chi connectivity index (χ3v) is 7.66. The van der Waals surface area contributed by atoms with Crippen LogP contribution < -0.4 is 14.4 Å². The summed E-state index contributed by atoms with van der Waals surface area (Å²) in [5.41, 5.74) is 2.75. The number of nitrogens with one attached hydrogen (secondary N) is 1. The summed E-state index contributed by atoms with van der Waals surface area (Å²) in [5.74, 6) is 0.313. The SMILES string of the molecule is CCOc1ccc([C@H](C)NC(=O)CN(c2cccc(Cl)c2C)S(=O)(=O)c2ccc(C)cc2)cc1. The molecular formula is C26H29ClN2O4S. The van der Waals surface area contributed by atoms with Gasteiger partial charge in [-0.15, -0.1) is 0 Å². The summed E-state index contributed by atoms with van der Waals surface area (Å²) in [6.45, 7) is 7.55. The number of anilines is 1. The molecule has 8 heteroatoms. The highest BCUT2D eigenvalue weighted by atomic mass is 35.5. The van der Waals surface area contributed by atoms with Crippen LogP contribution in [0.3, 0.4) is 0 Å². The molecule has 1 amide bonds. The van der Waals surface area contributed by atoms with Gasteiger partial charge in [0.05, 0.1) is 23.2 Å². The first-order chi connectivity index (χ1) is 16.1. The molecule has 34 heavy (non-hydrogen) atoms. The van der Waals surface area contributed by atoms with Crippen LogP contribution in [0.4, 0.5) is 5.69 Å². The zero-order valence-corrected chi connectivity index (χ0v) is 21.3. The van der Waals surface area contributed by atoms with Crippen LogP contribution in [0, 0.1) is 13.8 Å². The van der Waals surface area contributed by atoms with Gasteiger partial charge in [-0.05, 0) is 75.2 Å². The Bertz CT molecular complexity index is 1240. The van der Waals surface area contributed by atoms with Crippen molar-refractivity contribution in [1.29, 1.82) is 0 Å². The molecule has 0 aromatic heterocycles. The second kappa shape index (κ2) is 10.9. The van der Waals surface area contributed by atoms with Gasteiger partial charge in [0.15, 0.2) is 0 Å². The van der Waals surface area contributed by atoms with Crippen molar-refractivity contribution in [3.63, 3.8) is 0 Å². The smallest absolute Gasteiger partial charge is 0.264 e. The van der Waals surface area contributed by atoms with Crippen LogP contribution in [0.15, 0.2) is 71.6 Å². The summed E-state index contributed by atoms with van der Waals surface area (Å²) in [6, 6.07) is 18.6. The van der Waals surface area contributed by atoms with Crippen LogP contribution in [0.2, 0.25) is 5.02 Å². The van der Waals surface area contributed by atoms with Crippen molar-refractivity contribution in [2.24, 2.45) is 0 Å². The average Bonchev–Trinajstić information content (AvgIpc) is 2.80. The van der Waals surface area contributed by atoms with E-state index < -0.39 is 22.5 Å². The number of amides is 1. The first-order valence-corrected chi connectivity index (χ1v) is 12.8. The minimum absolute atomic E-state index is 0.102. The number of carbonyl (C=O) groups is 1. The Hall–Kier alpha value is -3.03. The van der Waals surface area contributed by atoms with Crippen molar-refractivity contribution in [3.8, 4) is 5.75 Å². The van der Waals surface area contributed by atoms with Gasteiger partial charge in [0.25, 0.3) is 10.0 Å². The second-order valence-corrected chi connectivity index (χ2v) is 10.3. The van der Waals surface area contributed by atoms with Gasteiger partial charge in [0.2, 0.25) is 5.91 Å². The van der Waals surface area contributed by atoms with E-state index in [1.807, 2.05) is 45.0 Å². The van der Waals surface area contributed by atoms with Crippen molar-refractivity contribution in [1.82, 2.24) is 5.32 Å². The molecule has 0 bridgehead atoms. The fourth-order valence-electron chi connectivity index (χ4n) is 3.52. The zero-order valence-electron chi connectivity index (χ0n) is 19.7. The lowest BCUT2D eigenvalue weighted by Crippen LogP contribution is -2.42. The standard InChI is InChI=1S/C26H29ClN2O4S/c1-5-33-22-13-11-21(12-14-22)20(4)28-26(30)17-29(25-8-6-7-24(27)19(25)3)34(31,32)23-15-9-18(2)10-16-23/h6-16,20H,5,17H2,1-4H3,(H,28,30)/t20-/m0/s1. The lowest BCUT2D eigenvalue weighted by molar-refractivity contribution is -0.120. The number of halogens is 1. The van der Waals surface area contributed by atoms with Crippen molar-refractivity contribution in [3.05, 3.63) is 88.4 Å². The number of hydrogen-bond donors (Lipinski definition) is 1. The molecule has 3 aromatic rings. The van der Waals surface area contributed by atoms with E-state index in [2.05, 4.69) is 5.32 Å². The Kier molecular flexibility index (Phi) is 8.23. The molecule has 0 aliphatic carbocycles. The van der Waals surface area contributed by atoms with Gasteiger partial charge >= 0.3 is 0 Å². The number of sulfonamides is 1. The van der Waals surface area contributed by atoms with E-state index in [-0.39, 0.29) is 10.9 Å². The maximum Gasteiger partial charge on any atom is 0.264 e. The molecule has 1 atom stereocenters. The van der Waals surface area contributed by atoms with Gasteiger partial charge in [-0.25, -0.2) is 8.42 Å². The quantitative estimate of drug-likeness (QED) is 0.425. The highest BCUT2D eigenvalue weighted by Gasteiger charge is 2.29. The lowest BCUT2D eigenvalue weighted by atomic mass is 10.1. The van der Waals surface area contributed by atoms with E-state index >= 15 is 0 Å². The Morgan fingerprint density at radius 2 is 1.68 bits per heavy atom. The summed E-state index contributed by atoms with van der Waals surface area (Å²) in [4.78, 5) is 13.1. The summed E-state index contributed by atoms with van der Waals surface area (Å²) in [7, 11) is -4.02. The van der Waals surface area contributed by atoms with E-state index in [1.54, 1.807) is 37.3 Å². The molecule has 0 saturated heterocycles. The molecule has 1 N–H and O–H groups in total. The summed E-state index contributed by atoms with van der Waals surface area (Å²) in [5, 5.41) is 3.32. The highest BCUT2D eigenvalue weighted by molar-refractivity contribution is 7.92. The molecule has 0 fully saturated rings. The molecule has 0 radical (unpaired) electrons. The molecule has 0 unspecified atom stereocenters. The first kappa shape index (κ1) is 25.6. The van der Waals surface area contributed by atoms with Gasteiger partial charge in [0.1, 0.15) is 12.3 Å². The summed E-state index contributed by atoms with van der Waals surface area (Å²) >= 11 is 6.28. The summed E-state index contributed by atoms with van der Waals surface area (Å²) < 4.78 is 33.7. The first-order valence-electron chi connectivity index (χ1n) is 11.0. The van der Waals surface area contributed by atoms with Crippen LogP contribution in [0.1, 0.15) is 36.6 Å². The summed E-state index contributed by atoms with van der Waals surface area (Å²) in [6.07, 6.45) is 0. The van der Waals surface area contributed by atoms with Gasteiger partial charge in [-0.1, -0.05) is 47.5 Å². The predicted octanol–water partition coefficient (Wildman–Crippen LogP) is 5.43. The van der Waals surface area contributed by atoms with Crippen LogP contribution in [0.5, 0.6) is 5.75 Å². The van der Waals surface area contributed by atoms with E-state index in [4.69, 9.17) is 16.3 Å². The van der Waals surface area contributed by atoms with Crippen LogP contribution >= 0.6 is 11.6 Å². The normalized spacial score (nSPS) is 12.1. The van der Waals surface area contributed by atoms with E-state index in [9.17, 15) is 13.2 Å². The largest absolute Gasteiger partial charge is 0.494 e. The third kappa shape index (κ3) is 5.90. The maximum absolute atomic E-state index is 13.6. The minimum Gasteiger partial charge on any atom is -0.494 e. The molecule has 0 aliphatic rings. The fraction of sp³-hybridized carbons (Fsp3) is 0.269. The number of aryl methyl sites for hydroxylation is 1. The molecule has 3 aromatic carbocycles. The van der Waals surface area contributed by atoms with Crippen molar-refractivity contribution in [2.75, 3.05) is 17.5 Å². The number of rotatable bonds is 9. The lowest BCUT2D eigenvalue weighted by Gasteiger charge is -2.27. The Labute approximate surface area is 206 Å². The van der Waals surface area contributed by atoms with E-state index in [0.29, 0.717) is 22.9 Å². The second-order valence-electron chi connectivity index (χ2n) is 8.00. The predicted molar refractivity (Wildman–Crippen MR) is 136 cm³/mol. The number of hydrogen-bond acceptors (Lipinski definition) is 4. The molecule has 0 spiro atoms. The molecule has 3 rings (SSSR count). The highest BCUT2D eigenvalue weighted by Crippen LogP contribution is 2.31. The van der Waals surface area contributed by atoms with Gasteiger partial charge < -0.3 is 10.1 Å². The average molecular weight is 501 g/mol. The van der Waals surface area contributed by atoms with Crippen LogP contribution in [0.25, 0.3) is 0 Å². The monoisotopic (exact) mass is 500 g/mol. The van der Waals surface area contributed by atoms with Crippen LogP contribution in [-0.2, 0) is 14.8 Å². The topological polar surface area (TPSA) is 75.7 Å². The van der Waals surface area contributed by atoms with Crippen molar-refractivity contribution >= 4 is 33.2 Å². The van der Waals surface area contributed by atoms with Gasteiger partial charge in [-0.3, -0.25) is 9.10 Å². The third-order valence-electron chi connectivity index (χ3n) is 5.47. The number of carbonyl (C=O) groups excluding carboxylic acids is 1. The zero-order chi connectivity index (χ0) is 24.9. The molecule has 0 saturated carbocycles. The van der Waals surface area contributed by atoms with Crippen molar-refractivity contribution in [2.45, 2.75) is 38.6 Å². The molecular weight excluding hydrogens is 472 g/mol. The number of benzene rings is 3. The van der Waals surface area contributed by atoms with Crippen LogP contribution in [-0.4, -0.2) is 27.5 Å². The molecule has 0 heterocycles. The van der Waals surface area contributed by atoms with E-state index in [0.717, 1.165) is 21.2 Å². The minimum atomic E-state index is -4.02. The van der Waals surface area contributed by atoms with E-state index in [1.165, 1.54) is 12.1 Å². The Morgan fingerprint density at radius 1 is 1.03 bits per heavy atom.